The third-order valence-corrected chi connectivity index (χ3v) is 16.5. The minimum atomic E-state index is -0.961. The van der Waals surface area contributed by atoms with E-state index in [0.29, 0.717) is 101 Å². The summed E-state index contributed by atoms with van der Waals surface area (Å²) >= 11 is 9.96. The Bertz CT molecular complexity index is 4000. The molecule has 1 saturated heterocycles. The number of aliphatic hydroxyl groups is 1. The molecule has 530 valence electrons. The summed E-state index contributed by atoms with van der Waals surface area (Å²) in [7, 11) is 4.01. The van der Waals surface area contributed by atoms with E-state index in [9.17, 15) is 19.2 Å². The van der Waals surface area contributed by atoms with Crippen LogP contribution in [0.2, 0.25) is 0 Å². The maximum Gasteiger partial charge on any atom is 1.00 e. The summed E-state index contributed by atoms with van der Waals surface area (Å²) in [5.41, 5.74) is 4.77. The van der Waals surface area contributed by atoms with Gasteiger partial charge in [0.25, 0.3) is 0 Å². The van der Waals surface area contributed by atoms with Crippen molar-refractivity contribution in [2.45, 2.75) is 28.5 Å². The van der Waals surface area contributed by atoms with Crippen LogP contribution in [-0.4, -0.2) is 140 Å². The fraction of sp³-hybridized carbons (Fsp3) is 0.229. The maximum atomic E-state index is 11.3. The number of fused-ring (bicyclic) bond motifs is 7. The molecule has 0 aromatic heterocycles. The predicted molar refractivity (Wildman–Crippen MR) is 372 cm³/mol. The van der Waals surface area contributed by atoms with Crippen molar-refractivity contribution >= 4 is 89.0 Å². The first-order valence-electron chi connectivity index (χ1n) is 29.7. The van der Waals surface area contributed by atoms with Crippen molar-refractivity contribution in [2.75, 3.05) is 74.1 Å². The number of esters is 3. The number of carbonyl (C=O) groups excluding carboxylic acids is 3. The van der Waals surface area contributed by atoms with Crippen molar-refractivity contribution in [1.82, 2.24) is 4.90 Å². The third kappa shape index (κ3) is 25.3. The van der Waals surface area contributed by atoms with Crippen molar-refractivity contribution in [3.63, 3.8) is 0 Å². The Balaban J connectivity index is 0.000000253. The van der Waals surface area contributed by atoms with Gasteiger partial charge in [0.15, 0.2) is 108 Å². The average Bonchev–Trinajstić information content (AvgIpc) is 0.793. The number of alkyl halides is 3. The second-order valence-corrected chi connectivity index (χ2v) is 22.7. The molecular formula is C70H68AlBr3ILiNNaO24. The molecule has 8 aliphatic rings. The van der Waals surface area contributed by atoms with Crippen LogP contribution in [0.5, 0.6) is 80.5 Å². The zero-order chi connectivity index (χ0) is 69.2. The molecule has 2 N–H and O–H groups in total. The first-order valence-corrected chi connectivity index (χ1v) is 32.6. The standard InChI is InChI=1S/C13H15NO3.C10H8Br2O4.C10H10O4.C10H8O4.C9H7BrO2.C9H8O4.C9H8O3.Al.HI.Li.Na.4H/c1-2-12-13(17-8-7-16-12)9-11(1)10-14-3-5-15-6-4-14;1-14-10(13)5-2-3-6-7(4-5)16-9(12)8(11)15-6;2*1-12-10(11)7-2-3-8-9(6-7)14-5-4-13-8;10-6-7-1-2-8-9(5-7)12-4-3-11-8;10-9(11)6-1-2-7-8(5-6)13-4-3-12-7;10-6-7-1-2-8-9(5-7)12-4-3-11-8;;;;;;;;/h1-2,7-9H,3-6,10H2;2-4,8-9H,1H3;2-3,6H,4-5H2,1H3;2-6H,1H3;1-5H,6H2;1-2,5H,3-4H2,(H,10,11);1-5,10H,6H2;;1H;;;;;;/q;;;;;;;;;2*+1;;;;-1/p-1. The van der Waals surface area contributed by atoms with Crippen LogP contribution in [0.15, 0.2) is 177 Å². The smallest absolute Gasteiger partial charge is 1.00 e. The van der Waals surface area contributed by atoms with E-state index in [1.165, 1.54) is 82.2 Å². The number of ether oxygens (including phenoxy) is 18. The Labute approximate surface area is 675 Å². The summed E-state index contributed by atoms with van der Waals surface area (Å²) in [6.07, 6.45) is 11.9. The van der Waals surface area contributed by atoms with E-state index in [-0.39, 0.29) is 119 Å². The van der Waals surface area contributed by atoms with Gasteiger partial charge in [-0.3, -0.25) is 4.90 Å². The Morgan fingerprint density at radius 2 is 0.745 bits per heavy atom. The second kappa shape index (κ2) is 44.4. The van der Waals surface area contributed by atoms with Gasteiger partial charge in [-0.2, -0.15) is 0 Å². The van der Waals surface area contributed by atoms with Gasteiger partial charge in [-0.1, -0.05) is 34.1 Å². The van der Waals surface area contributed by atoms with Gasteiger partial charge in [0.1, 0.15) is 76.5 Å². The monoisotopic (exact) mass is 1730 g/mol. The molecule has 0 saturated carbocycles. The van der Waals surface area contributed by atoms with Crippen LogP contribution < -0.4 is 139 Å². The molecule has 15 rings (SSSR count). The van der Waals surface area contributed by atoms with Crippen molar-refractivity contribution in [3.05, 3.63) is 216 Å². The van der Waals surface area contributed by atoms with Crippen LogP contribution >= 0.6 is 47.8 Å². The van der Waals surface area contributed by atoms with Gasteiger partial charge in [0.05, 0.1) is 63.4 Å². The summed E-state index contributed by atoms with van der Waals surface area (Å²) in [6, 6.07) is 36.5. The summed E-state index contributed by atoms with van der Waals surface area (Å²) in [5.74, 6) is 6.86. The molecule has 0 bridgehead atoms. The molecule has 25 nitrogen and oxygen atoms in total. The van der Waals surface area contributed by atoms with Crippen molar-refractivity contribution in [2.24, 2.45) is 0 Å². The van der Waals surface area contributed by atoms with E-state index in [2.05, 4.69) is 73.0 Å². The number of aromatic carboxylic acids is 1. The molecule has 0 amide bonds. The number of halogens is 4. The quantitative estimate of drug-likeness (QED) is 0.0727. The SMILES string of the molecule is BrCc1ccc2c(c1)OC=CO2.C1=COc2cc(CN3CCOCC3)ccc2O1.COC(=O)c1ccc2c(c1)OC(Br)C(Br)O2.COC(=O)c1ccc2c(c1)OC=CO2.COC(=O)c1ccc2c(c1)OCCO2.O=C(O)c1ccc2c(c1)OCCO2.OCc1ccc2c(c1)OC=CO2.[AlH3].[H-].[I-].[Li+].[Na+]. The molecule has 0 spiro atoms. The molecule has 32 heteroatoms. The van der Waals surface area contributed by atoms with Gasteiger partial charge >= 0.3 is 72.3 Å². The topological polar surface area (TPSA) is 278 Å². The van der Waals surface area contributed by atoms with E-state index < -0.39 is 17.9 Å². The number of carboxylic acid groups (broad SMARTS) is 1. The van der Waals surface area contributed by atoms with Gasteiger partial charge in [-0.25, -0.2) is 19.2 Å². The number of carboxylic acids is 1. The Kier molecular flexibility index (Phi) is 37.2. The van der Waals surface area contributed by atoms with E-state index in [1.807, 2.05) is 30.3 Å². The van der Waals surface area contributed by atoms with Crippen LogP contribution in [0.3, 0.4) is 0 Å². The number of rotatable bonds is 8. The van der Waals surface area contributed by atoms with Gasteiger partial charge in [0.2, 0.25) is 0 Å². The average molecular weight is 1730 g/mol. The third-order valence-electron chi connectivity index (χ3n) is 13.8. The molecule has 2 atom stereocenters. The summed E-state index contributed by atoms with van der Waals surface area (Å²) in [4.78, 5) is 46.6. The van der Waals surface area contributed by atoms with E-state index >= 15 is 0 Å². The zero-order valence-corrected chi connectivity index (χ0v) is 63.9. The van der Waals surface area contributed by atoms with Gasteiger partial charge in [0, 0.05) is 25.0 Å². The molecule has 2 unspecified atom stereocenters. The van der Waals surface area contributed by atoms with Gasteiger partial charge in [-0.15, -0.1) is 0 Å². The molecule has 0 radical (unpaired) electrons. The van der Waals surface area contributed by atoms with Crippen molar-refractivity contribution in [3.8, 4) is 80.5 Å². The minimum Gasteiger partial charge on any atom is -1.00 e. The Morgan fingerprint density at radius 3 is 1.17 bits per heavy atom. The Hall–Kier alpha value is -7.24. The van der Waals surface area contributed by atoms with E-state index in [0.717, 1.165) is 66.7 Å². The molecule has 8 aliphatic heterocycles. The molecule has 7 aromatic rings. The largest absolute Gasteiger partial charge is 1.00 e. The van der Waals surface area contributed by atoms with E-state index in [1.54, 1.807) is 91.4 Å². The zero-order valence-electron chi connectivity index (χ0n) is 56.0. The van der Waals surface area contributed by atoms with Crippen LogP contribution in [-0.2, 0) is 37.4 Å². The maximum absolute atomic E-state index is 11.3. The van der Waals surface area contributed by atoms with Gasteiger partial charge < -0.3 is 121 Å². The number of morpholine rings is 1. The Morgan fingerprint density at radius 1 is 0.431 bits per heavy atom. The summed E-state index contributed by atoms with van der Waals surface area (Å²) < 4.78 is 93.0. The van der Waals surface area contributed by atoms with Crippen molar-refractivity contribution < 1.29 is 188 Å². The first kappa shape index (κ1) is 85.4. The number of hydrogen-bond donors (Lipinski definition) is 2. The number of benzene rings is 7. The molecule has 102 heavy (non-hydrogen) atoms. The summed E-state index contributed by atoms with van der Waals surface area (Å²) in [5, 5.41) is 17.8. The van der Waals surface area contributed by atoms with Crippen molar-refractivity contribution in [1.29, 1.82) is 0 Å². The number of methoxy groups -OCH3 is 3. The molecular weight excluding hydrogens is 1660 g/mol. The van der Waals surface area contributed by atoms with E-state index in [4.69, 9.17) is 81.3 Å². The fourth-order valence-electron chi connectivity index (χ4n) is 9.03. The van der Waals surface area contributed by atoms with Crippen LogP contribution in [0.4, 0.5) is 0 Å². The van der Waals surface area contributed by atoms with Crippen LogP contribution in [0.25, 0.3) is 0 Å². The molecule has 1 fully saturated rings. The molecule has 7 aromatic carbocycles. The molecule has 0 aliphatic carbocycles. The summed E-state index contributed by atoms with van der Waals surface area (Å²) in [6.45, 7) is 6.63. The predicted octanol–water partition coefficient (Wildman–Crippen LogP) is 2.75. The van der Waals surface area contributed by atoms with Gasteiger partial charge in [-0.05, 0) is 158 Å². The normalized spacial score (nSPS) is 15.2. The number of nitrogens with zero attached hydrogens (tertiary/aromatic N) is 1. The molecule has 8 heterocycles. The van der Waals surface area contributed by atoms with Crippen LogP contribution in [0.1, 0.15) is 59.5 Å². The number of hydrogen-bond acceptors (Lipinski definition) is 24. The first-order chi connectivity index (χ1) is 47.7. The van der Waals surface area contributed by atoms with Crippen LogP contribution in [0, 0.1) is 0 Å². The second-order valence-electron chi connectivity index (χ2n) is 20.3. The minimum absolute atomic E-state index is 0. The number of aliphatic hydroxyl groups excluding tert-OH is 1. The fourth-order valence-corrected chi connectivity index (χ4v) is 10.00. The number of carbonyl (C=O) groups is 4.